The number of aromatic nitrogens is 2. The highest BCUT2D eigenvalue weighted by Crippen LogP contribution is 2.29. The number of carbonyl (C=O) groups is 1. The van der Waals surface area contributed by atoms with E-state index in [1.165, 1.54) is 5.69 Å². The molecule has 0 bridgehead atoms. The zero-order valence-corrected chi connectivity index (χ0v) is 13.2. The van der Waals surface area contributed by atoms with Crippen LogP contribution in [-0.2, 0) is 18.3 Å². The summed E-state index contributed by atoms with van der Waals surface area (Å²) in [5.74, 6) is -0.0864. The lowest BCUT2D eigenvalue weighted by Gasteiger charge is -2.23. The van der Waals surface area contributed by atoms with E-state index in [0.717, 1.165) is 30.4 Å². The minimum atomic E-state index is -0.0864. The summed E-state index contributed by atoms with van der Waals surface area (Å²) in [4.78, 5) is 12.1. The molecule has 1 unspecified atom stereocenters. The van der Waals surface area contributed by atoms with Crippen LogP contribution in [0.1, 0.15) is 35.7 Å². The molecule has 0 saturated heterocycles. The zero-order chi connectivity index (χ0) is 15.5. The van der Waals surface area contributed by atoms with Crippen LogP contribution >= 0.6 is 11.6 Å². The Morgan fingerprint density at radius 2 is 2.18 bits per heavy atom. The smallest absolute Gasteiger partial charge is 0.244 e. The number of nitrogens with one attached hydrogen (secondary N) is 1. The van der Waals surface area contributed by atoms with E-state index in [-0.39, 0.29) is 11.9 Å². The first-order valence-electron chi connectivity index (χ1n) is 7.38. The van der Waals surface area contributed by atoms with Crippen LogP contribution < -0.4 is 5.32 Å². The molecular formula is C17H18ClN3O. The number of nitrogens with zero attached hydrogens (tertiary/aromatic N) is 2. The van der Waals surface area contributed by atoms with Crippen molar-refractivity contribution < 1.29 is 4.79 Å². The van der Waals surface area contributed by atoms with Crippen LogP contribution in [0.25, 0.3) is 6.08 Å². The maximum absolute atomic E-state index is 12.1. The van der Waals surface area contributed by atoms with Gasteiger partial charge in [-0.1, -0.05) is 23.7 Å². The Morgan fingerprint density at radius 1 is 1.41 bits per heavy atom. The number of fused-ring (bicyclic) bond motifs is 1. The molecule has 1 N–H and O–H groups in total. The molecule has 1 atom stereocenters. The van der Waals surface area contributed by atoms with Gasteiger partial charge in [0, 0.05) is 29.4 Å². The molecule has 1 aliphatic rings. The first-order chi connectivity index (χ1) is 10.6. The molecule has 0 spiro atoms. The third-order valence-electron chi connectivity index (χ3n) is 3.99. The molecule has 0 fully saturated rings. The molecule has 1 amide bonds. The summed E-state index contributed by atoms with van der Waals surface area (Å²) < 4.78 is 1.90. The van der Waals surface area contributed by atoms with Gasteiger partial charge in [-0.3, -0.25) is 9.48 Å². The van der Waals surface area contributed by atoms with Gasteiger partial charge in [-0.25, -0.2) is 0 Å². The zero-order valence-electron chi connectivity index (χ0n) is 12.4. The van der Waals surface area contributed by atoms with Gasteiger partial charge in [0.15, 0.2) is 0 Å². The third-order valence-corrected chi connectivity index (χ3v) is 4.24. The average Bonchev–Trinajstić information content (AvgIpc) is 2.90. The van der Waals surface area contributed by atoms with Gasteiger partial charge in [-0.2, -0.15) is 5.10 Å². The van der Waals surface area contributed by atoms with E-state index < -0.39 is 0 Å². The molecule has 2 aromatic rings. The highest BCUT2D eigenvalue weighted by Gasteiger charge is 2.23. The first kappa shape index (κ1) is 14.9. The van der Waals surface area contributed by atoms with Crippen LogP contribution in [0.4, 0.5) is 0 Å². The number of hydrogen-bond acceptors (Lipinski definition) is 2. The number of benzene rings is 1. The largest absolute Gasteiger partial charge is 0.346 e. The minimum absolute atomic E-state index is 0.0554. The van der Waals surface area contributed by atoms with E-state index in [1.807, 2.05) is 42.2 Å². The number of hydrogen-bond donors (Lipinski definition) is 1. The predicted molar refractivity (Wildman–Crippen MR) is 87.5 cm³/mol. The number of aryl methyl sites for hydroxylation is 1. The van der Waals surface area contributed by atoms with Crippen LogP contribution in [0.5, 0.6) is 0 Å². The summed E-state index contributed by atoms with van der Waals surface area (Å²) in [5.41, 5.74) is 3.31. The topological polar surface area (TPSA) is 46.9 Å². The fraction of sp³-hybridized carbons (Fsp3) is 0.294. The lowest BCUT2D eigenvalue weighted by molar-refractivity contribution is -0.117. The Morgan fingerprint density at radius 3 is 2.95 bits per heavy atom. The predicted octanol–water partition coefficient (Wildman–Crippen LogP) is 3.28. The molecule has 3 rings (SSSR count). The molecule has 4 nitrogen and oxygen atoms in total. The van der Waals surface area contributed by atoms with Gasteiger partial charge < -0.3 is 5.32 Å². The van der Waals surface area contributed by atoms with Gasteiger partial charge in [0.2, 0.25) is 5.91 Å². The fourth-order valence-electron chi connectivity index (χ4n) is 2.82. The number of amides is 1. The number of carbonyl (C=O) groups excluding carboxylic acids is 1. The molecule has 1 heterocycles. The van der Waals surface area contributed by atoms with Gasteiger partial charge in [0.1, 0.15) is 0 Å². The molecule has 1 aromatic carbocycles. The maximum atomic E-state index is 12.1. The summed E-state index contributed by atoms with van der Waals surface area (Å²) in [6.45, 7) is 0. The summed E-state index contributed by atoms with van der Waals surface area (Å²) in [6, 6.07) is 7.43. The van der Waals surface area contributed by atoms with Crippen LogP contribution in [0.2, 0.25) is 5.02 Å². The van der Waals surface area contributed by atoms with Crippen molar-refractivity contribution in [3.8, 4) is 0 Å². The lowest BCUT2D eigenvalue weighted by atomic mass is 9.93. The SMILES string of the molecule is Cn1ncc2c1CCCC2NC(=O)C=Cc1ccc(Cl)cc1. The number of halogens is 1. The van der Waals surface area contributed by atoms with Gasteiger partial charge in [-0.05, 0) is 43.0 Å². The lowest BCUT2D eigenvalue weighted by Crippen LogP contribution is -2.29. The van der Waals surface area contributed by atoms with Crippen LogP contribution in [-0.4, -0.2) is 15.7 Å². The number of rotatable bonds is 3. The van der Waals surface area contributed by atoms with Crippen LogP contribution in [0, 0.1) is 0 Å². The van der Waals surface area contributed by atoms with E-state index in [2.05, 4.69) is 10.4 Å². The normalized spacial score (nSPS) is 17.5. The molecule has 1 aromatic heterocycles. The standard InChI is InChI=1S/C17H18ClN3O/c1-21-16-4-2-3-15(14(16)11-19-21)20-17(22)10-7-12-5-8-13(18)9-6-12/h5-11,15H,2-4H2,1H3,(H,20,22). The van der Waals surface area contributed by atoms with Crippen molar-refractivity contribution in [1.82, 2.24) is 15.1 Å². The van der Waals surface area contributed by atoms with E-state index in [4.69, 9.17) is 11.6 Å². The van der Waals surface area contributed by atoms with Crippen molar-refractivity contribution in [1.29, 1.82) is 0 Å². The van der Waals surface area contributed by atoms with Gasteiger partial charge in [-0.15, -0.1) is 0 Å². The highest BCUT2D eigenvalue weighted by molar-refractivity contribution is 6.30. The Kier molecular flexibility index (Phi) is 4.29. The van der Waals surface area contributed by atoms with Crippen molar-refractivity contribution in [2.45, 2.75) is 25.3 Å². The van der Waals surface area contributed by atoms with Gasteiger partial charge >= 0.3 is 0 Å². The van der Waals surface area contributed by atoms with Crippen LogP contribution in [0.15, 0.2) is 36.5 Å². The molecule has 1 aliphatic carbocycles. The summed E-state index contributed by atoms with van der Waals surface area (Å²) >= 11 is 5.84. The molecule has 0 aliphatic heterocycles. The second kappa shape index (κ2) is 6.36. The first-order valence-corrected chi connectivity index (χ1v) is 7.76. The third kappa shape index (κ3) is 3.22. The summed E-state index contributed by atoms with van der Waals surface area (Å²) in [7, 11) is 1.95. The Balaban J connectivity index is 1.66. The molecule has 114 valence electrons. The Bertz CT molecular complexity index is 703. The molecule has 0 saturated carbocycles. The second-order valence-corrected chi connectivity index (χ2v) is 5.94. The van der Waals surface area contributed by atoms with Crippen molar-refractivity contribution in [3.05, 3.63) is 58.4 Å². The Labute approximate surface area is 134 Å². The van der Waals surface area contributed by atoms with Crippen molar-refractivity contribution in [2.75, 3.05) is 0 Å². The minimum Gasteiger partial charge on any atom is -0.346 e. The molecular weight excluding hydrogens is 298 g/mol. The fourth-order valence-corrected chi connectivity index (χ4v) is 2.95. The van der Waals surface area contributed by atoms with E-state index in [0.29, 0.717) is 5.02 Å². The van der Waals surface area contributed by atoms with Gasteiger partial charge in [0.25, 0.3) is 0 Å². The highest BCUT2D eigenvalue weighted by atomic mass is 35.5. The molecule has 22 heavy (non-hydrogen) atoms. The van der Waals surface area contributed by atoms with Crippen molar-refractivity contribution >= 4 is 23.6 Å². The maximum Gasteiger partial charge on any atom is 0.244 e. The van der Waals surface area contributed by atoms with Crippen molar-refractivity contribution in [2.24, 2.45) is 7.05 Å². The molecule has 0 radical (unpaired) electrons. The van der Waals surface area contributed by atoms with Gasteiger partial charge in [0.05, 0.1) is 12.2 Å². The van der Waals surface area contributed by atoms with E-state index >= 15 is 0 Å². The second-order valence-electron chi connectivity index (χ2n) is 5.51. The van der Waals surface area contributed by atoms with Crippen LogP contribution in [0.3, 0.4) is 0 Å². The Hall–Kier alpha value is -2.07. The monoisotopic (exact) mass is 315 g/mol. The summed E-state index contributed by atoms with van der Waals surface area (Å²) in [5, 5.41) is 8.05. The quantitative estimate of drug-likeness (QED) is 0.884. The van der Waals surface area contributed by atoms with E-state index in [1.54, 1.807) is 12.2 Å². The summed E-state index contributed by atoms with van der Waals surface area (Å²) in [6.07, 6.45) is 8.27. The molecule has 5 heteroatoms. The average molecular weight is 316 g/mol. The van der Waals surface area contributed by atoms with Crippen molar-refractivity contribution in [3.63, 3.8) is 0 Å². The van der Waals surface area contributed by atoms with E-state index in [9.17, 15) is 4.79 Å².